The summed E-state index contributed by atoms with van der Waals surface area (Å²) in [5.74, 6) is -0.365. The number of nitrogens with one attached hydrogen (secondary N) is 1. The third-order valence-corrected chi connectivity index (χ3v) is 3.82. The highest BCUT2D eigenvalue weighted by Gasteiger charge is 2.17. The van der Waals surface area contributed by atoms with Gasteiger partial charge < -0.3 is 10.4 Å². The smallest absolute Gasteiger partial charge is 0.271 e. The molecule has 1 amide bonds. The Bertz CT molecular complexity index is 951. The summed E-state index contributed by atoms with van der Waals surface area (Å²) in [5.41, 5.74) is 1.48. The van der Waals surface area contributed by atoms with Crippen molar-refractivity contribution in [1.82, 2.24) is 4.57 Å². The van der Waals surface area contributed by atoms with Crippen molar-refractivity contribution in [3.8, 4) is 11.9 Å². The fraction of sp³-hybridized carbons (Fsp3) is 0.263. The Balaban J connectivity index is 2.44. The lowest BCUT2D eigenvalue weighted by atomic mass is 10.1. The molecule has 2 N–H and O–H groups in total. The van der Waals surface area contributed by atoms with E-state index in [9.17, 15) is 20.0 Å². The van der Waals surface area contributed by atoms with E-state index in [2.05, 4.69) is 10.3 Å². The first-order valence-electron chi connectivity index (χ1n) is 8.17. The van der Waals surface area contributed by atoms with Gasteiger partial charge in [-0.2, -0.15) is 5.26 Å². The molecule has 0 aliphatic carbocycles. The molecule has 1 aromatic heterocycles. The maximum Gasteiger partial charge on any atom is 0.271 e. The number of anilines is 1. The largest absolute Gasteiger partial charge is 0.494 e. The SMILES string of the molecule is CCCn1c(O)c(C=Nc2ccc(NC(C)=O)cc2)c(C)c(C#N)c1=O. The van der Waals surface area contributed by atoms with Crippen molar-refractivity contribution in [2.24, 2.45) is 4.99 Å². The van der Waals surface area contributed by atoms with Gasteiger partial charge in [-0.3, -0.25) is 19.1 Å². The second-order valence-electron chi connectivity index (χ2n) is 5.79. The topological polar surface area (TPSA) is 107 Å². The number of carbonyl (C=O) groups excluding carboxylic acids is 1. The van der Waals surface area contributed by atoms with Crippen LogP contribution in [-0.2, 0) is 11.3 Å². The summed E-state index contributed by atoms with van der Waals surface area (Å²) in [7, 11) is 0. The van der Waals surface area contributed by atoms with Crippen LogP contribution >= 0.6 is 0 Å². The first-order valence-corrected chi connectivity index (χ1v) is 8.17. The number of nitriles is 1. The van der Waals surface area contributed by atoms with Gasteiger partial charge >= 0.3 is 0 Å². The van der Waals surface area contributed by atoms with Crippen molar-refractivity contribution in [2.75, 3.05) is 5.32 Å². The molecule has 0 fully saturated rings. The van der Waals surface area contributed by atoms with Crippen molar-refractivity contribution in [3.05, 3.63) is 51.3 Å². The molecule has 1 heterocycles. The van der Waals surface area contributed by atoms with Crippen molar-refractivity contribution in [3.63, 3.8) is 0 Å². The molecule has 1 aromatic carbocycles. The Kier molecular flexibility index (Phi) is 5.91. The van der Waals surface area contributed by atoms with Gasteiger partial charge in [0.25, 0.3) is 5.56 Å². The summed E-state index contributed by atoms with van der Waals surface area (Å²) >= 11 is 0. The average Bonchev–Trinajstić information content (AvgIpc) is 2.60. The molecule has 0 spiro atoms. The molecule has 2 rings (SSSR count). The third-order valence-electron chi connectivity index (χ3n) is 3.82. The van der Waals surface area contributed by atoms with Gasteiger partial charge in [-0.05, 0) is 43.2 Å². The van der Waals surface area contributed by atoms with Crippen molar-refractivity contribution < 1.29 is 9.90 Å². The molecule has 0 saturated carbocycles. The lowest BCUT2D eigenvalue weighted by molar-refractivity contribution is -0.114. The van der Waals surface area contributed by atoms with Crippen LogP contribution in [0.25, 0.3) is 0 Å². The second kappa shape index (κ2) is 8.12. The normalized spacial score (nSPS) is 10.7. The summed E-state index contributed by atoms with van der Waals surface area (Å²) < 4.78 is 1.19. The highest BCUT2D eigenvalue weighted by atomic mass is 16.3. The summed E-state index contributed by atoms with van der Waals surface area (Å²) in [6, 6.07) is 8.74. The van der Waals surface area contributed by atoms with E-state index in [-0.39, 0.29) is 17.4 Å². The Morgan fingerprint density at radius 1 is 1.38 bits per heavy atom. The maximum atomic E-state index is 12.3. The monoisotopic (exact) mass is 352 g/mol. The Labute approximate surface area is 151 Å². The highest BCUT2D eigenvalue weighted by Crippen LogP contribution is 2.22. The standard InChI is InChI=1S/C19H20N4O3/c1-4-9-23-18(25)16(10-20)12(2)17(19(23)26)11-21-14-5-7-15(8-6-14)22-13(3)24/h5-8,11,26H,4,9H2,1-3H3,(H,22,24). The Hall–Kier alpha value is -3.40. The first kappa shape index (κ1) is 18.9. The minimum Gasteiger partial charge on any atom is -0.494 e. The van der Waals surface area contributed by atoms with Crippen molar-refractivity contribution >= 4 is 23.5 Å². The summed E-state index contributed by atoms with van der Waals surface area (Å²) in [4.78, 5) is 27.6. The molecule has 0 aliphatic rings. The lowest BCUT2D eigenvalue weighted by Gasteiger charge is -2.13. The third kappa shape index (κ3) is 3.98. The van der Waals surface area contributed by atoms with E-state index in [4.69, 9.17) is 0 Å². The van der Waals surface area contributed by atoms with E-state index < -0.39 is 5.56 Å². The van der Waals surface area contributed by atoms with Gasteiger partial charge in [0.2, 0.25) is 11.8 Å². The van der Waals surface area contributed by atoms with Gasteiger partial charge in [0, 0.05) is 25.4 Å². The van der Waals surface area contributed by atoms with Crippen LogP contribution in [0.15, 0.2) is 34.1 Å². The number of hydrogen-bond acceptors (Lipinski definition) is 5. The van der Waals surface area contributed by atoms with Crippen LogP contribution in [0.4, 0.5) is 11.4 Å². The number of nitrogens with zero attached hydrogens (tertiary/aromatic N) is 3. The van der Waals surface area contributed by atoms with E-state index in [0.717, 1.165) is 0 Å². The maximum absolute atomic E-state index is 12.3. The minimum absolute atomic E-state index is 0.00120. The quantitative estimate of drug-likeness (QED) is 0.807. The zero-order chi connectivity index (χ0) is 19.3. The van der Waals surface area contributed by atoms with E-state index in [0.29, 0.717) is 35.5 Å². The summed E-state index contributed by atoms with van der Waals surface area (Å²) in [6.07, 6.45) is 2.08. The molecule has 134 valence electrons. The van der Waals surface area contributed by atoms with E-state index in [1.165, 1.54) is 17.7 Å². The summed E-state index contributed by atoms with van der Waals surface area (Å²) in [5, 5.41) is 22.4. The molecule has 0 saturated heterocycles. The molecule has 0 aliphatic heterocycles. The average molecular weight is 352 g/mol. The molecule has 7 heteroatoms. The van der Waals surface area contributed by atoms with Crippen LogP contribution in [0.3, 0.4) is 0 Å². The van der Waals surface area contributed by atoms with Crippen molar-refractivity contribution in [2.45, 2.75) is 33.7 Å². The lowest BCUT2D eigenvalue weighted by Crippen LogP contribution is -2.25. The van der Waals surface area contributed by atoms with Gasteiger partial charge in [0.1, 0.15) is 11.6 Å². The number of pyridine rings is 1. The van der Waals surface area contributed by atoms with Crippen LogP contribution in [-0.4, -0.2) is 21.8 Å². The van der Waals surface area contributed by atoms with Gasteiger partial charge in [0.15, 0.2) is 0 Å². The molecule has 0 atom stereocenters. The molecule has 2 aromatic rings. The Morgan fingerprint density at radius 3 is 2.58 bits per heavy atom. The molecule has 0 radical (unpaired) electrons. The molecular formula is C19H20N4O3. The molecular weight excluding hydrogens is 332 g/mol. The van der Waals surface area contributed by atoms with Crippen LogP contribution in [0.5, 0.6) is 5.88 Å². The van der Waals surface area contributed by atoms with E-state index in [1.807, 2.05) is 13.0 Å². The van der Waals surface area contributed by atoms with Gasteiger partial charge in [-0.1, -0.05) is 6.92 Å². The molecule has 0 bridgehead atoms. The molecule has 26 heavy (non-hydrogen) atoms. The van der Waals surface area contributed by atoms with Crippen LogP contribution in [0.2, 0.25) is 0 Å². The van der Waals surface area contributed by atoms with Crippen LogP contribution in [0.1, 0.15) is 37.0 Å². The van der Waals surface area contributed by atoms with Crippen molar-refractivity contribution in [1.29, 1.82) is 5.26 Å². The predicted molar refractivity (Wildman–Crippen MR) is 100 cm³/mol. The number of carbonyl (C=O) groups is 1. The molecule has 7 nitrogen and oxygen atoms in total. The first-order chi connectivity index (χ1) is 12.4. The predicted octanol–water partition coefficient (Wildman–Crippen LogP) is 2.85. The van der Waals surface area contributed by atoms with E-state index in [1.54, 1.807) is 31.2 Å². The highest BCUT2D eigenvalue weighted by molar-refractivity contribution is 5.89. The number of benzene rings is 1. The van der Waals surface area contributed by atoms with E-state index >= 15 is 0 Å². The number of rotatable bonds is 5. The van der Waals surface area contributed by atoms with Gasteiger partial charge in [-0.15, -0.1) is 0 Å². The zero-order valence-electron chi connectivity index (χ0n) is 14.9. The van der Waals surface area contributed by atoms with Crippen LogP contribution in [0, 0.1) is 18.3 Å². The number of hydrogen-bond donors (Lipinski definition) is 2. The number of aliphatic imine (C=N–C) groups is 1. The zero-order valence-corrected chi connectivity index (χ0v) is 14.9. The number of aromatic hydroxyl groups is 1. The Morgan fingerprint density at radius 2 is 2.04 bits per heavy atom. The fourth-order valence-electron chi connectivity index (χ4n) is 2.53. The van der Waals surface area contributed by atoms with Gasteiger partial charge in [-0.25, -0.2) is 0 Å². The number of aromatic nitrogens is 1. The fourth-order valence-corrected chi connectivity index (χ4v) is 2.53. The van der Waals surface area contributed by atoms with Gasteiger partial charge in [0.05, 0.1) is 11.3 Å². The second-order valence-corrected chi connectivity index (χ2v) is 5.79. The summed E-state index contributed by atoms with van der Waals surface area (Å²) in [6.45, 7) is 5.22. The number of amides is 1. The minimum atomic E-state index is -0.499. The molecule has 0 unspecified atom stereocenters. The van der Waals surface area contributed by atoms with Crippen LogP contribution < -0.4 is 10.9 Å².